The summed E-state index contributed by atoms with van der Waals surface area (Å²) < 4.78 is 5.22. The standard InChI is InChI=1S/C14H14N2O2/c1-9-8-12(18-3)10(2)7-11(9)13(17)14-15-5-4-6-16-14/h4-8H,1-3H3. The quantitative estimate of drug-likeness (QED) is 0.775. The highest BCUT2D eigenvalue weighted by molar-refractivity contribution is 6.07. The first-order valence-electron chi connectivity index (χ1n) is 5.60. The monoisotopic (exact) mass is 242 g/mol. The zero-order valence-electron chi connectivity index (χ0n) is 10.6. The van der Waals surface area contributed by atoms with Gasteiger partial charge < -0.3 is 4.74 Å². The van der Waals surface area contributed by atoms with Crippen LogP contribution in [0.5, 0.6) is 5.75 Å². The van der Waals surface area contributed by atoms with Gasteiger partial charge in [-0.05, 0) is 43.2 Å². The third kappa shape index (κ3) is 2.22. The predicted octanol–water partition coefficient (Wildman–Crippen LogP) is 2.33. The second-order valence-electron chi connectivity index (χ2n) is 4.04. The fourth-order valence-corrected chi connectivity index (χ4v) is 1.79. The number of aryl methyl sites for hydroxylation is 2. The van der Waals surface area contributed by atoms with Crippen molar-refractivity contribution >= 4 is 5.78 Å². The van der Waals surface area contributed by atoms with Crippen molar-refractivity contribution in [3.63, 3.8) is 0 Å². The zero-order chi connectivity index (χ0) is 13.1. The summed E-state index contributed by atoms with van der Waals surface area (Å²) in [6, 6.07) is 5.35. The number of carbonyl (C=O) groups is 1. The van der Waals surface area contributed by atoms with Gasteiger partial charge in [0.2, 0.25) is 11.6 Å². The molecule has 92 valence electrons. The summed E-state index contributed by atoms with van der Waals surface area (Å²) in [7, 11) is 1.61. The van der Waals surface area contributed by atoms with E-state index >= 15 is 0 Å². The van der Waals surface area contributed by atoms with Crippen LogP contribution in [0, 0.1) is 13.8 Å². The molecular formula is C14H14N2O2. The lowest BCUT2D eigenvalue weighted by Crippen LogP contribution is -2.08. The molecule has 1 aromatic carbocycles. The van der Waals surface area contributed by atoms with Crippen molar-refractivity contribution in [3.05, 3.63) is 53.1 Å². The SMILES string of the molecule is COc1cc(C)c(C(=O)c2ncccn2)cc1C. The van der Waals surface area contributed by atoms with Gasteiger partial charge in [0.25, 0.3) is 0 Å². The van der Waals surface area contributed by atoms with E-state index in [9.17, 15) is 4.79 Å². The molecule has 1 aromatic heterocycles. The Morgan fingerprint density at radius 2 is 1.78 bits per heavy atom. The summed E-state index contributed by atoms with van der Waals surface area (Å²) >= 11 is 0. The van der Waals surface area contributed by atoms with Gasteiger partial charge in [0.05, 0.1) is 7.11 Å². The van der Waals surface area contributed by atoms with E-state index in [1.807, 2.05) is 26.0 Å². The summed E-state index contributed by atoms with van der Waals surface area (Å²) in [6.45, 7) is 3.78. The first-order chi connectivity index (χ1) is 8.63. The summed E-state index contributed by atoms with van der Waals surface area (Å²) in [5.41, 5.74) is 2.39. The van der Waals surface area contributed by atoms with E-state index in [2.05, 4.69) is 9.97 Å². The molecule has 0 fully saturated rings. The number of hydrogen-bond donors (Lipinski definition) is 0. The number of ketones is 1. The Balaban J connectivity index is 2.46. The smallest absolute Gasteiger partial charge is 0.230 e. The highest BCUT2D eigenvalue weighted by atomic mass is 16.5. The minimum Gasteiger partial charge on any atom is -0.496 e. The van der Waals surface area contributed by atoms with Gasteiger partial charge >= 0.3 is 0 Å². The zero-order valence-corrected chi connectivity index (χ0v) is 10.6. The third-order valence-corrected chi connectivity index (χ3v) is 2.76. The molecule has 0 saturated heterocycles. The minimum absolute atomic E-state index is 0.168. The first-order valence-corrected chi connectivity index (χ1v) is 5.60. The molecule has 18 heavy (non-hydrogen) atoms. The summed E-state index contributed by atoms with van der Waals surface area (Å²) in [4.78, 5) is 20.2. The average molecular weight is 242 g/mol. The van der Waals surface area contributed by atoms with Crippen LogP contribution in [0.2, 0.25) is 0 Å². The molecule has 4 heteroatoms. The first kappa shape index (κ1) is 12.2. The van der Waals surface area contributed by atoms with E-state index in [0.717, 1.165) is 16.9 Å². The molecule has 0 spiro atoms. The fourth-order valence-electron chi connectivity index (χ4n) is 1.79. The van der Waals surface area contributed by atoms with Crippen molar-refractivity contribution in [2.45, 2.75) is 13.8 Å². The van der Waals surface area contributed by atoms with Crippen LogP contribution in [-0.4, -0.2) is 22.9 Å². The molecule has 0 radical (unpaired) electrons. The van der Waals surface area contributed by atoms with Gasteiger partial charge in [-0.1, -0.05) is 0 Å². The normalized spacial score (nSPS) is 10.2. The molecule has 0 aliphatic carbocycles. The number of benzene rings is 1. The Morgan fingerprint density at radius 3 is 2.39 bits per heavy atom. The molecule has 0 aliphatic heterocycles. The van der Waals surface area contributed by atoms with Crippen LogP contribution in [0.4, 0.5) is 0 Å². The van der Waals surface area contributed by atoms with Crippen LogP contribution < -0.4 is 4.74 Å². The van der Waals surface area contributed by atoms with Crippen molar-refractivity contribution in [3.8, 4) is 5.75 Å². The molecule has 0 unspecified atom stereocenters. The lowest BCUT2D eigenvalue weighted by atomic mass is 10.0. The van der Waals surface area contributed by atoms with Gasteiger partial charge in [-0.15, -0.1) is 0 Å². The largest absolute Gasteiger partial charge is 0.496 e. The third-order valence-electron chi connectivity index (χ3n) is 2.76. The molecule has 0 bridgehead atoms. The fraction of sp³-hybridized carbons (Fsp3) is 0.214. The van der Waals surface area contributed by atoms with E-state index in [1.165, 1.54) is 0 Å². The Hall–Kier alpha value is -2.23. The maximum Gasteiger partial charge on any atom is 0.230 e. The highest BCUT2D eigenvalue weighted by Gasteiger charge is 2.16. The second-order valence-corrected chi connectivity index (χ2v) is 4.04. The van der Waals surface area contributed by atoms with Crippen LogP contribution in [0.3, 0.4) is 0 Å². The summed E-state index contributed by atoms with van der Waals surface area (Å²) in [5, 5.41) is 0. The molecule has 1 heterocycles. The molecule has 4 nitrogen and oxygen atoms in total. The second kappa shape index (κ2) is 4.96. The number of rotatable bonds is 3. The number of ether oxygens (including phenoxy) is 1. The Kier molecular flexibility index (Phi) is 3.37. The van der Waals surface area contributed by atoms with Crippen LogP contribution in [-0.2, 0) is 0 Å². The maximum atomic E-state index is 12.3. The molecule has 0 N–H and O–H groups in total. The number of hydrogen-bond acceptors (Lipinski definition) is 4. The molecule has 0 amide bonds. The molecule has 0 saturated carbocycles. The predicted molar refractivity (Wildman–Crippen MR) is 67.9 cm³/mol. The van der Waals surface area contributed by atoms with Gasteiger partial charge in [-0.2, -0.15) is 0 Å². The topological polar surface area (TPSA) is 52.1 Å². The highest BCUT2D eigenvalue weighted by Crippen LogP contribution is 2.23. The van der Waals surface area contributed by atoms with Gasteiger partial charge in [0.15, 0.2) is 0 Å². The maximum absolute atomic E-state index is 12.3. The van der Waals surface area contributed by atoms with Gasteiger partial charge in [0, 0.05) is 18.0 Å². The Labute approximate surface area is 106 Å². The number of methoxy groups -OCH3 is 1. The van der Waals surface area contributed by atoms with Crippen molar-refractivity contribution in [1.29, 1.82) is 0 Å². The van der Waals surface area contributed by atoms with Gasteiger partial charge in [-0.3, -0.25) is 4.79 Å². The number of aromatic nitrogens is 2. The van der Waals surface area contributed by atoms with Gasteiger partial charge in [0.1, 0.15) is 5.75 Å². The van der Waals surface area contributed by atoms with E-state index in [0.29, 0.717) is 5.56 Å². The number of carbonyl (C=O) groups excluding carboxylic acids is 1. The van der Waals surface area contributed by atoms with E-state index in [4.69, 9.17) is 4.74 Å². The Bertz CT molecular complexity index is 580. The Morgan fingerprint density at radius 1 is 1.11 bits per heavy atom. The van der Waals surface area contributed by atoms with Gasteiger partial charge in [-0.25, -0.2) is 9.97 Å². The lowest BCUT2D eigenvalue weighted by molar-refractivity contribution is 0.102. The average Bonchev–Trinajstić information content (AvgIpc) is 2.41. The molecule has 2 rings (SSSR count). The molecule has 0 atom stereocenters. The summed E-state index contributed by atoms with van der Waals surface area (Å²) in [6.07, 6.45) is 3.12. The molecule has 2 aromatic rings. The number of nitrogens with zero attached hydrogens (tertiary/aromatic N) is 2. The van der Waals surface area contributed by atoms with Crippen molar-refractivity contribution in [2.24, 2.45) is 0 Å². The summed E-state index contributed by atoms with van der Waals surface area (Å²) in [5.74, 6) is 0.821. The van der Waals surface area contributed by atoms with E-state index in [1.54, 1.807) is 25.6 Å². The molecular weight excluding hydrogens is 228 g/mol. The molecule has 0 aliphatic rings. The van der Waals surface area contributed by atoms with Crippen molar-refractivity contribution in [1.82, 2.24) is 9.97 Å². The van der Waals surface area contributed by atoms with Crippen molar-refractivity contribution in [2.75, 3.05) is 7.11 Å². The van der Waals surface area contributed by atoms with Crippen molar-refractivity contribution < 1.29 is 9.53 Å². The minimum atomic E-state index is -0.168. The van der Waals surface area contributed by atoms with Crippen LogP contribution in [0.25, 0.3) is 0 Å². The van der Waals surface area contributed by atoms with Crippen LogP contribution >= 0.6 is 0 Å². The van der Waals surface area contributed by atoms with E-state index < -0.39 is 0 Å². The van der Waals surface area contributed by atoms with E-state index in [-0.39, 0.29) is 11.6 Å². The van der Waals surface area contributed by atoms with Crippen LogP contribution in [0.1, 0.15) is 27.3 Å². The lowest BCUT2D eigenvalue weighted by Gasteiger charge is -2.09. The van der Waals surface area contributed by atoms with Crippen LogP contribution in [0.15, 0.2) is 30.6 Å².